The molecule has 1 saturated heterocycles. The van der Waals surface area contributed by atoms with E-state index in [0.717, 1.165) is 10.9 Å². The van der Waals surface area contributed by atoms with Gasteiger partial charge in [0, 0.05) is 43.4 Å². The van der Waals surface area contributed by atoms with E-state index < -0.39 is 29.5 Å². The molecule has 1 fully saturated rings. The van der Waals surface area contributed by atoms with Gasteiger partial charge in [-0.2, -0.15) is 4.68 Å². The first-order chi connectivity index (χ1) is 23.5. The van der Waals surface area contributed by atoms with Crippen LogP contribution in [0.25, 0.3) is 27.6 Å². The van der Waals surface area contributed by atoms with E-state index in [9.17, 15) is 14.4 Å². The molecule has 4 heterocycles. The fourth-order valence-corrected chi connectivity index (χ4v) is 6.01. The van der Waals surface area contributed by atoms with Crippen LogP contribution in [0.5, 0.6) is 0 Å². The van der Waals surface area contributed by atoms with E-state index in [0.29, 0.717) is 60.5 Å². The molecule has 0 spiro atoms. The Labute approximate surface area is 282 Å². The lowest BCUT2D eigenvalue weighted by molar-refractivity contribution is -0.143. The first-order valence-electron chi connectivity index (χ1n) is 16.3. The Morgan fingerprint density at radius 3 is 2.65 bits per heavy atom. The Bertz CT molecular complexity index is 2020. The summed E-state index contributed by atoms with van der Waals surface area (Å²) in [4.78, 5) is 51.7. The number of esters is 1. The highest BCUT2D eigenvalue weighted by Crippen LogP contribution is 2.32. The zero-order valence-electron chi connectivity index (χ0n) is 27.9. The maximum atomic E-state index is 16.0. The van der Waals surface area contributed by atoms with Gasteiger partial charge in [0.05, 0.1) is 23.9 Å². The third-order valence-electron chi connectivity index (χ3n) is 8.23. The number of hydrogen-bond donors (Lipinski definition) is 0. The summed E-state index contributed by atoms with van der Waals surface area (Å²) in [6, 6.07) is 14.7. The van der Waals surface area contributed by atoms with Gasteiger partial charge >= 0.3 is 12.1 Å². The minimum absolute atomic E-state index is 0.166. The van der Waals surface area contributed by atoms with Crippen molar-refractivity contribution in [3.63, 3.8) is 0 Å². The smallest absolute Gasteiger partial charge is 0.410 e. The predicted molar refractivity (Wildman–Crippen MR) is 181 cm³/mol. The van der Waals surface area contributed by atoms with Gasteiger partial charge < -0.3 is 14.4 Å². The van der Waals surface area contributed by atoms with E-state index >= 15 is 4.39 Å². The van der Waals surface area contributed by atoms with Crippen molar-refractivity contribution < 1.29 is 28.2 Å². The van der Waals surface area contributed by atoms with Gasteiger partial charge in [-0.3, -0.25) is 14.5 Å². The van der Waals surface area contributed by atoms with Crippen LogP contribution in [0.4, 0.5) is 15.0 Å². The number of ether oxygens (including phenoxy) is 2. The summed E-state index contributed by atoms with van der Waals surface area (Å²) >= 11 is 0. The molecule has 0 radical (unpaired) electrons. The summed E-state index contributed by atoms with van der Waals surface area (Å²) < 4.78 is 28.2. The average molecular weight is 668 g/mol. The minimum atomic E-state index is -0.756. The molecule has 1 atom stereocenters. The van der Waals surface area contributed by atoms with Crippen molar-refractivity contribution in [2.45, 2.75) is 65.0 Å². The van der Waals surface area contributed by atoms with Crippen molar-refractivity contribution in [1.29, 1.82) is 0 Å². The van der Waals surface area contributed by atoms with Crippen LogP contribution < -0.4 is 4.90 Å². The number of carbonyl (C=O) groups is 3. The van der Waals surface area contributed by atoms with E-state index in [1.165, 1.54) is 21.7 Å². The number of likely N-dealkylation sites (tertiary alicyclic amines) is 1. The molecule has 0 bridgehead atoms. The third kappa shape index (κ3) is 7.35. The lowest BCUT2D eigenvalue weighted by Gasteiger charge is -2.39. The van der Waals surface area contributed by atoms with Gasteiger partial charge in [-0.05, 0) is 88.2 Å². The molecule has 1 aliphatic rings. The van der Waals surface area contributed by atoms with Crippen molar-refractivity contribution in [3.8, 4) is 5.69 Å². The second-order valence-corrected chi connectivity index (χ2v) is 12.9. The van der Waals surface area contributed by atoms with Crippen LogP contribution in [0.15, 0.2) is 67.0 Å². The third-order valence-corrected chi connectivity index (χ3v) is 8.23. The van der Waals surface area contributed by atoms with Gasteiger partial charge in [-0.1, -0.05) is 23.4 Å². The van der Waals surface area contributed by atoms with E-state index in [1.807, 2.05) is 24.3 Å². The number of aryl methyl sites for hydroxylation is 1. The highest BCUT2D eigenvalue weighted by molar-refractivity contribution is 6.10. The molecule has 254 valence electrons. The quantitative estimate of drug-likeness (QED) is 0.182. The summed E-state index contributed by atoms with van der Waals surface area (Å²) in [5.41, 5.74) is 1.41. The van der Waals surface area contributed by atoms with E-state index in [1.54, 1.807) is 63.2 Å². The normalized spacial score (nSPS) is 15.0. The number of fused-ring (bicyclic) bond motifs is 2. The highest BCUT2D eigenvalue weighted by Gasteiger charge is 2.36. The summed E-state index contributed by atoms with van der Waals surface area (Å²) in [7, 11) is 0. The van der Waals surface area contributed by atoms with Crippen LogP contribution in [-0.2, 0) is 20.7 Å². The van der Waals surface area contributed by atoms with Crippen LogP contribution in [0.3, 0.4) is 0 Å². The summed E-state index contributed by atoms with van der Waals surface area (Å²) in [6.45, 7) is 8.12. The molecule has 3 aromatic heterocycles. The van der Waals surface area contributed by atoms with E-state index in [-0.39, 0.29) is 24.5 Å². The van der Waals surface area contributed by atoms with Crippen molar-refractivity contribution in [3.05, 3.63) is 83.9 Å². The maximum absolute atomic E-state index is 16.0. The lowest BCUT2D eigenvalue weighted by atomic mass is 10.00. The molecule has 12 nitrogen and oxygen atoms in total. The Hall–Kier alpha value is -5.46. The largest absolute Gasteiger partial charge is 0.466 e. The van der Waals surface area contributed by atoms with Crippen LogP contribution in [-0.4, -0.2) is 79.2 Å². The van der Waals surface area contributed by atoms with E-state index in [4.69, 9.17) is 9.47 Å². The van der Waals surface area contributed by atoms with Crippen molar-refractivity contribution in [2.24, 2.45) is 0 Å². The number of anilines is 1. The summed E-state index contributed by atoms with van der Waals surface area (Å²) in [5, 5.41) is 9.68. The standard InChI is InChI=1S/C36H38FN7O5/c1-5-48-31(45)15-11-23-10-13-27-24(20-23)16-18-39-32(27)43(26-8-7-19-42(22-26)35(47)49-36(2,3)4)34(46)28-14-12-25(21-29(28)37)44-33-30(40-41-44)9-6-17-38-33/h6,9-10,12-14,16-18,20-21,26H,5,7-8,11,15,19,22H2,1-4H3/t26-/m1/s1. The Morgan fingerprint density at radius 2 is 1.88 bits per heavy atom. The zero-order valence-corrected chi connectivity index (χ0v) is 27.9. The molecule has 2 aromatic carbocycles. The SMILES string of the molecule is CCOC(=O)CCc1ccc2c(N(C(=O)c3ccc(-n4nnc5cccnc54)cc3F)[C@@H]3CCCN(C(=O)OC(C)(C)C)C3)nccc2c1. The van der Waals surface area contributed by atoms with Gasteiger partial charge in [0.15, 0.2) is 5.65 Å². The van der Waals surface area contributed by atoms with Gasteiger partial charge in [0.25, 0.3) is 5.91 Å². The number of piperidine rings is 1. The number of carbonyl (C=O) groups excluding carboxylic acids is 3. The molecule has 0 saturated carbocycles. The number of pyridine rings is 2. The molecule has 6 rings (SSSR count). The Balaban J connectivity index is 1.38. The number of halogens is 1. The molecular formula is C36H38FN7O5. The lowest BCUT2D eigenvalue weighted by Crippen LogP contribution is -2.53. The maximum Gasteiger partial charge on any atom is 0.410 e. The molecular weight excluding hydrogens is 629 g/mol. The molecule has 49 heavy (non-hydrogen) atoms. The van der Waals surface area contributed by atoms with Crippen molar-refractivity contribution >= 4 is 45.7 Å². The fourth-order valence-electron chi connectivity index (χ4n) is 6.01. The molecule has 2 amide bonds. The van der Waals surface area contributed by atoms with Crippen molar-refractivity contribution in [1.82, 2.24) is 29.9 Å². The summed E-state index contributed by atoms with van der Waals surface area (Å²) in [6.07, 6.45) is 4.59. The first-order valence-corrected chi connectivity index (χ1v) is 16.3. The predicted octanol–water partition coefficient (Wildman–Crippen LogP) is 6.04. The Kier molecular flexibility index (Phi) is 9.52. The first kappa shape index (κ1) is 33.4. The van der Waals surface area contributed by atoms with Gasteiger partial charge in [0.1, 0.15) is 22.8 Å². The fraction of sp³-hybridized carbons (Fsp3) is 0.361. The molecule has 0 unspecified atom stereocenters. The van der Waals surface area contributed by atoms with Crippen LogP contribution in [0.1, 0.15) is 62.9 Å². The number of rotatable bonds is 8. The molecule has 0 aliphatic carbocycles. The van der Waals surface area contributed by atoms with Gasteiger partial charge in [0.2, 0.25) is 0 Å². The second-order valence-electron chi connectivity index (χ2n) is 12.9. The molecule has 13 heteroatoms. The van der Waals surface area contributed by atoms with Crippen LogP contribution in [0, 0.1) is 5.82 Å². The zero-order chi connectivity index (χ0) is 34.7. The Morgan fingerprint density at radius 1 is 1.04 bits per heavy atom. The monoisotopic (exact) mass is 667 g/mol. The number of aromatic nitrogens is 5. The minimum Gasteiger partial charge on any atom is -0.466 e. The highest BCUT2D eigenvalue weighted by atomic mass is 19.1. The number of nitrogens with zero attached hydrogens (tertiary/aromatic N) is 7. The van der Waals surface area contributed by atoms with Crippen molar-refractivity contribution in [2.75, 3.05) is 24.6 Å². The van der Waals surface area contributed by atoms with Gasteiger partial charge in [-0.15, -0.1) is 5.10 Å². The number of amides is 2. The topological polar surface area (TPSA) is 133 Å². The van der Waals surface area contributed by atoms with E-state index in [2.05, 4.69) is 20.3 Å². The summed E-state index contributed by atoms with van der Waals surface area (Å²) in [5.74, 6) is -1.30. The molecule has 1 aliphatic heterocycles. The molecule has 0 N–H and O–H groups in total. The second kappa shape index (κ2) is 14.0. The average Bonchev–Trinajstić information content (AvgIpc) is 3.51. The van der Waals surface area contributed by atoms with Gasteiger partial charge in [-0.25, -0.2) is 19.2 Å². The van der Waals surface area contributed by atoms with Crippen LogP contribution in [0.2, 0.25) is 0 Å². The number of hydrogen-bond acceptors (Lipinski definition) is 9. The molecule has 5 aromatic rings. The van der Waals surface area contributed by atoms with Crippen LogP contribution >= 0.6 is 0 Å². The number of benzene rings is 2.